The Morgan fingerprint density at radius 1 is 1.75 bits per heavy atom. The van der Waals surface area contributed by atoms with Crippen LogP contribution in [0, 0.1) is 0 Å². The quantitative estimate of drug-likeness (QED) is 0.448. The van der Waals surface area contributed by atoms with Crippen LogP contribution in [0.1, 0.15) is 12.8 Å². The second-order valence-corrected chi connectivity index (χ2v) is 3.61. The molecule has 0 spiro atoms. The first-order valence-electron chi connectivity index (χ1n) is 3.15. The average Bonchev–Trinajstić information content (AvgIpc) is 2.14. The van der Waals surface area contributed by atoms with Crippen LogP contribution in [0.2, 0.25) is 0 Å². The second-order valence-electron chi connectivity index (χ2n) is 2.46. The van der Waals surface area contributed by atoms with Gasteiger partial charge in [-0.3, -0.25) is 0 Å². The molecule has 48 valence electrons. The molecule has 0 unspecified atom stereocenters. The summed E-state index contributed by atoms with van der Waals surface area (Å²) in [6.45, 7) is 1.58. The normalized spacial score (nSPS) is 31.9. The molecule has 0 amide bonds. The summed E-state index contributed by atoms with van der Waals surface area (Å²) in [7, 11) is 1.12. The Kier molecular flexibility index (Phi) is 2.05. The van der Waals surface area contributed by atoms with Crippen LogP contribution in [0.5, 0.6) is 0 Å². The van der Waals surface area contributed by atoms with E-state index in [1.807, 2.05) is 0 Å². The van der Waals surface area contributed by atoms with Gasteiger partial charge in [0.15, 0.2) is 0 Å². The van der Waals surface area contributed by atoms with E-state index in [2.05, 4.69) is 4.57 Å². The molecule has 1 aliphatic heterocycles. The second kappa shape index (κ2) is 2.62. The molecule has 1 saturated heterocycles. The highest BCUT2D eigenvalue weighted by atomic mass is 28.2. The van der Waals surface area contributed by atoms with Crippen molar-refractivity contribution in [3.63, 3.8) is 0 Å². The van der Waals surface area contributed by atoms with Crippen molar-refractivity contribution in [1.29, 1.82) is 0 Å². The maximum Gasteiger partial charge on any atom is 0.0789 e. The summed E-state index contributed by atoms with van der Waals surface area (Å²) in [5, 5.41) is 8.72. The van der Waals surface area contributed by atoms with Gasteiger partial charge in [0.25, 0.3) is 0 Å². The number of hydrogen-bond acceptors (Lipinski definition) is 2. The monoisotopic (exact) mass is 131 g/mol. The van der Waals surface area contributed by atoms with Crippen LogP contribution in [0.4, 0.5) is 0 Å². The van der Waals surface area contributed by atoms with Gasteiger partial charge in [0.05, 0.1) is 17.0 Å². The van der Waals surface area contributed by atoms with Crippen LogP contribution >= 0.6 is 0 Å². The molecule has 1 rings (SSSR count). The lowest BCUT2D eigenvalue weighted by atomic mass is 10.2. The molecule has 8 heavy (non-hydrogen) atoms. The highest BCUT2D eigenvalue weighted by molar-refractivity contribution is 6.04. The minimum atomic E-state index is 0.365. The number of rotatable bonds is 1. The van der Waals surface area contributed by atoms with E-state index < -0.39 is 0 Å². The zero-order chi connectivity index (χ0) is 5.98. The Hall–Kier alpha value is 0.137. The van der Waals surface area contributed by atoms with Crippen LogP contribution in [-0.4, -0.2) is 39.3 Å². The number of aliphatic hydroxyl groups excluding tert-OH is 1. The number of nitrogens with zero attached hydrogens (tertiary/aromatic N) is 1. The molecule has 3 heteroatoms. The topological polar surface area (TPSA) is 23.5 Å². The van der Waals surface area contributed by atoms with Gasteiger partial charge in [0, 0.05) is 6.04 Å². The number of hydrogen-bond donors (Lipinski definition) is 1. The molecule has 0 saturated carbocycles. The summed E-state index contributed by atoms with van der Waals surface area (Å²) in [6, 6.07) is 0.515. The van der Waals surface area contributed by atoms with E-state index in [0.29, 0.717) is 12.6 Å². The lowest BCUT2D eigenvalue weighted by Gasteiger charge is -2.15. The summed E-state index contributed by atoms with van der Waals surface area (Å²) in [4.78, 5) is 0. The van der Waals surface area contributed by atoms with Gasteiger partial charge in [-0.15, -0.1) is 0 Å². The van der Waals surface area contributed by atoms with Crippen molar-refractivity contribution in [2.24, 2.45) is 0 Å². The van der Waals surface area contributed by atoms with E-state index in [1.54, 1.807) is 0 Å². The molecule has 1 heterocycles. The van der Waals surface area contributed by atoms with Crippen molar-refractivity contribution >= 4 is 10.4 Å². The standard InChI is InChI=1S/C5H13NOSi/c7-4-5-2-1-3-6(5)8/h5,7H,1-4H2,8H3/t5-/m1/s1. The molecule has 0 bridgehead atoms. The van der Waals surface area contributed by atoms with Crippen LogP contribution in [0.3, 0.4) is 0 Å². The van der Waals surface area contributed by atoms with E-state index >= 15 is 0 Å². The highest BCUT2D eigenvalue weighted by Crippen LogP contribution is 2.12. The molecule has 0 radical (unpaired) electrons. The predicted octanol–water partition coefficient (Wildman–Crippen LogP) is -1.28. The fourth-order valence-corrected chi connectivity index (χ4v) is 1.95. The molecule has 0 aliphatic carbocycles. The van der Waals surface area contributed by atoms with Crippen LogP contribution < -0.4 is 0 Å². The van der Waals surface area contributed by atoms with Gasteiger partial charge in [-0.1, -0.05) is 0 Å². The summed E-state index contributed by atoms with van der Waals surface area (Å²) >= 11 is 0. The first-order valence-corrected chi connectivity index (χ1v) is 4.05. The van der Waals surface area contributed by atoms with E-state index in [1.165, 1.54) is 19.4 Å². The summed E-state index contributed by atoms with van der Waals surface area (Å²) in [5.74, 6) is 0. The third-order valence-corrected chi connectivity index (χ3v) is 3.06. The first kappa shape index (κ1) is 6.26. The van der Waals surface area contributed by atoms with Gasteiger partial charge >= 0.3 is 0 Å². The van der Waals surface area contributed by atoms with Crippen molar-refractivity contribution in [3.05, 3.63) is 0 Å². The van der Waals surface area contributed by atoms with Gasteiger partial charge in [0.2, 0.25) is 0 Å². The van der Waals surface area contributed by atoms with E-state index in [4.69, 9.17) is 5.11 Å². The van der Waals surface area contributed by atoms with Gasteiger partial charge in [-0.2, -0.15) is 0 Å². The van der Waals surface area contributed by atoms with Gasteiger partial charge in [-0.05, 0) is 19.4 Å². The van der Waals surface area contributed by atoms with E-state index in [-0.39, 0.29) is 0 Å². The molecular formula is C5H13NOSi. The van der Waals surface area contributed by atoms with E-state index in [9.17, 15) is 0 Å². The molecular weight excluding hydrogens is 118 g/mol. The Labute approximate surface area is 53.0 Å². The maximum atomic E-state index is 8.72. The fraction of sp³-hybridized carbons (Fsp3) is 1.00. The Morgan fingerprint density at radius 3 is 2.75 bits per heavy atom. The maximum absolute atomic E-state index is 8.72. The summed E-state index contributed by atoms with van der Waals surface area (Å²) < 4.78 is 2.35. The summed E-state index contributed by atoms with van der Waals surface area (Å²) in [5.41, 5.74) is 0. The molecule has 0 aromatic heterocycles. The van der Waals surface area contributed by atoms with Gasteiger partial charge in [-0.25, -0.2) is 0 Å². The minimum Gasteiger partial charge on any atom is -0.395 e. The number of aliphatic hydroxyl groups is 1. The molecule has 1 aliphatic rings. The Balaban J connectivity index is 2.30. The Morgan fingerprint density at radius 2 is 2.50 bits per heavy atom. The predicted molar refractivity (Wildman–Crippen MR) is 36.8 cm³/mol. The van der Waals surface area contributed by atoms with Crippen LogP contribution in [0.25, 0.3) is 0 Å². The third-order valence-electron chi connectivity index (χ3n) is 1.88. The van der Waals surface area contributed by atoms with E-state index in [0.717, 1.165) is 10.4 Å². The smallest absolute Gasteiger partial charge is 0.0789 e. The molecule has 0 aromatic carbocycles. The molecule has 1 atom stereocenters. The first-order chi connectivity index (χ1) is 3.84. The van der Waals surface area contributed by atoms with Crippen molar-refractivity contribution in [2.75, 3.05) is 13.2 Å². The molecule has 1 fully saturated rings. The summed E-state index contributed by atoms with van der Waals surface area (Å²) in [6.07, 6.45) is 2.49. The van der Waals surface area contributed by atoms with Crippen molar-refractivity contribution in [3.8, 4) is 0 Å². The largest absolute Gasteiger partial charge is 0.395 e. The molecule has 0 aromatic rings. The van der Waals surface area contributed by atoms with Gasteiger partial charge < -0.3 is 9.67 Å². The van der Waals surface area contributed by atoms with Crippen molar-refractivity contribution in [2.45, 2.75) is 18.9 Å². The fourth-order valence-electron chi connectivity index (χ4n) is 1.21. The van der Waals surface area contributed by atoms with Crippen LogP contribution in [-0.2, 0) is 0 Å². The average molecular weight is 131 g/mol. The minimum absolute atomic E-state index is 0.365. The highest BCUT2D eigenvalue weighted by Gasteiger charge is 2.18. The Bertz CT molecular complexity index is 78.8. The van der Waals surface area contributed by atoms with Crippen molar-refractivity contribution < 1.29 is 5.11 Å². The lowest BCUT2D eigenvalue weighted by Crippen LogP contribution is -2.29. The zero-order valence-electron chi connectivity index (χ0n) is 5.30. The zero-order valence-corrected chi connectivity index (χ0v) is 7.30. The third kappa shape index (κ3) is 1.10. The van der Waals surface area contributed by atoms with Crippen LogP contribution in [0.15, 0.2) is 0 Å². The SMILES string of the molecule is OC[C@H]1CCCN1[SiH3]. The van der Waals surface area contributed by atoms with Crippen molar-refractivity contribution in [1.82, 2.24) is 4.57 Å². The molecule has 1 N–H and O–H groups in total. The van der Waals surface area contributed by atoms with Gasteiger partial charge in [0.1, 0.15) is 0 Å². The lowest BCUT2D eigenvalue weighted by molar-refractivity contribution is 0.217. The molecule has 2 nitrogen and oxygen atoms in total.